The zero-order chi connectivity index (χ0) is 27.4. The highest BCUT2D eigenvalue weighted by Gasteiger charge is 2.18. The van der Waals surface area contributed by atoms with E-state index in [0.717, 1.165) is 24.1 Å². The van der Waals surface area contributed by atoms with Crippen LogP contribution in [0.3, 0.4) is 0 Å². The van der Waals surface area contributed by atoms with Gasteiger partial charge in [-0.2, -0.15) is 0 Å². The number of aliphatic hydroxyl groups is 1. The molecule has 0 fully saturated rings. The summed E-state index contributed by atoms with van der Waals surface area (Å²) in [6.07, 6.45) is 9.53. The lowest BCUT2D eigenvalue weighted by molar-refractivity contribution is -0.122. The maximum absolute atomic E-state index is 12.2. The van der Waals surface area contributed by atoms with Crippen LogP contribution in [0.25, 0.3) is 11.5 Å². The van der Waals surface area contributed by atoms with E-state index in [0.29, 0.717) is 56.2 Å². The Morgan fingerprint density at radius 1 is 1.29 bits per heavy atom. The summed E-state index contributed by atoms with van der Waals surface area (Å²) in [5.41, 5.74) is 1.96. The van der Waals surface area contributed by atoms with Crippen molar-refractivity contribution in [2.45, 2.75) is 77.2 Å². The second-order valence-electron chi connectivity index (χ2n) is 9.86. The van der Waals surface area contributed by atoms with Crippen LogP contribution in [0.15, 0.2) is 24.5 Å². The minimum Gasteiger partial charge on any atom is -0.396 e. The minimum absolute atomic E-state index is 0.0242. The van der Waals surface area contributed by atoms with E-state index in [1.165, 1.54) is 0 Å². The number of rotatable bonds is 15. The van der Waals surface area contributed by atoms with Crippen molar-refractivity contribution in [2.75, 3.05) is 32.2 Å². The number of allylic oxidation sites excluding steroid dienone is 1. The average Bonchev–Trinajstić information content (AvgIpc) is 2.92. The number of carbonyl (C=O) groups is 1. The summed E-state index contributed by atoms with van der Waals surface area (Å²) in [5.74, 6) is 0.904. The molecule has 0 aromatic carbocycles. The third-order valence-electron chi connectivity index (χ3n) is 6.29. The van der Waals surface area contributed by atoms with Gasteiger partial charge in [0.15, 0.2) is 5.82 Å². The van der Waals surface area contributed by atoms with Gasteiger partial charge < -0.3 is 30.5 Å². The molecule has 1 aliphatic rings. The summed E-state index contributed by atoms with van der Waals surface area (Å²) >= 11 is 0. The van der Waals surface area contributed by atoms with Crippen molar-refractivity contribution in [3.63, 3.8) is 0 Å². The van der Waals surface area contributed by atoms with E-state index >= 15 is 0 Å². The Kier molecular flexibility index (Phi) is 11.3. The minimum atomic E-state index is -0.405. The van der Waals surface area contributed by atoms with Gasteiger partial charge in [-0.05, 0) is 70.7 Å². The first-order chi connectivity index (χ1) is 18.3. The van der Waals surface area contributed by atoms with Gasteiger partial charge in [-0.25, -0.2) is 0 Å². The SMILES string of the molecule is COC(CCCC(=O)NCCOC(C)(C)CCO)Nc1cnc(-c2nnc(C3CCC=CN3)nn2)cc1C. The maximum Gasteiger partial charge on any atom is 0.221 e. The van der Waals surface area contributed by atoms with Crippen molar-refractivity contribution >= 4 is 11.6 Å². The van der Waals surface area contributed by atoms with E-state index in [-0.39, 0.29) is 24.8 Å². The van der Waals surface area contributed by atoms with Crippen LogP contribution in [-0.2, 0) is 14.3 Å². The van der Waals surface area contributed by atoms with Crippen LogP contribution < -0.4 is 16.0 Å². The van der Waals surface area contributed by atoms with Gasteiger partial charge in [0.25, 0.3) is 0 Å². The Morgan fingerprint density at radius 3 is 2.74 bits per heavy atom. The molecule has 38 heavy (non-hydrogen) atoms. The number of anilines is 1. The zero-order valence-corrected chi connectivity index (χ0v) is 22.7. The summed E-state index contributed by atoms with van der Waals surface area (Å²) in [7, 11) is 1.63. The van der Waals surface area contributed by atoms with Crippen LogP contribution in [-0.4, -0.2) is 75.1 Å². The third-order valence-corrected chi connectivity index (χ3v) is 6.29. The number of aryl methyl sites for hydroxylation is 1. The monoisotopic (exact) mass is 528 g/mol. The topological polar surface area (TPSA) is 156 Å². The number of ether oxygens (including phenoxy) is 2. The van der Waals surface area contributed by atoms with Crippen molar-refractivity contribution in [1.82, 2.24) is 36.0 Å². The number of nitrogens with zero attached hydrogens (tertiary/aromatic N) is 5. The zero-order valence-electron chi connectivity index (χ0n) is 22.7. The maximum atomic E-state index is 12.2. The molecule has 1 aliphatic heterocycles. The average molecular weight is 529 g/mol. The number of carbonyl (C=O) groups excluding carboxylic acids is 1. The smallest absolute Gasteiger partial charge is 0.221 e. The van der Waals surface area contributed by atoms with Crippen LogP contribution in [0.2, 0.25) is 0 Å². The first-order valence-corrected chi connectivity index (χ1v) is 13.1. The quantitative estimate of drug-likeness (QED) is 0.199. The molecule has 2 aromatic rings. The van der Waals surface area contributed by atoms with E-state index in [2.05, 4.69) is 47.4 Å². The Bertz CT molecular complexity index is 1050. The first-order valence-electron chi connectivity index (χ1n) is 13.1. The Balaban J connectivity index is 1.43. The van der Waals surface area contributed by atoms with Gasteiger partial charge in [0, 0.05) is 26.7 Å². The molecular weight excluding hydrogens is 488 g/mol. The van der Waals surface area contributed by atoms with Crippen molar-refractivity contribution in [3.8, 4) is 11.5 Å². The molecule has 3 rings (SSSR count). The Labute approximate surface area is 224 Å². The fraction of sp³-hybridized carbons (Fsp3) is 0.615. The van der Waals surface area contributed by atoms with Crippen LogP contribution >= 0.6 is 0 Å². The lowest BCUT2D eigenvalue weighted by Gasteiger charge is -2.24. The van der Waals surface area contributed by atoms with Crippen LogP contribution in [0.1, 0.15) is 69.8 Å². The van der Waals surface area contributed by atoms with E-state index < -0.39 is 5.60 Å². The number of amides is 1. The number of hydrogen-bond donors (Lipinski definition) is 4. The fourth-order valence-electron chi connectivity index (χ4n) is 3.94. The molecule has 0 aliphatic carbocycles. The first kappa shape index (κ1) is 29.3. The molecule has 12 heteroatoms. The van der Waals surface area contributed by atoms with E-state index in [9.17, 15) is 4.79 Å². The lowest BCUT2D eigenvalue weighted by Crippen LogP contribution is -2.32. The molecule has 0 saturated carbocycles. The van der Waals surface area contributed by atoms with Gasteiger partial charge in [-0.15, -0.1) is 20.4 Å². The highest BCUT2D eigenvalue weighted by atomic mass is 16.5. The number of hydrogen-bond acceptors (Lipinski definition) is 11. The van der Waals surface area contributed by atoms with E-state index in [1.807, 2.05) is 33.0 Å². The second kappa shape index (κ2) is 14.6. The molecule has 0 spiro atoms. The molecule has 12 nitrogen and oxygen atoms in total. The molecule has 0 radical (unpaired) electrons. The van der Waals surface area contributed by atoms with Crippen molar-refractivity contribution in [3.05, 3.63) is 35.9 Å². The van der Waals surface area contributed by atoms with Crippen LogP contribution in [0.5, 0.6) is 0 Å². The lowest BCUT2D eigenvalue weighted by atomic mass is 10.1. The Hall–Kier alpha value is -3.22. The van der Waals surface area contributed by atoms with Crippen LogP contribution in [0.4, 0.5) is 5.69 Å². The van der Waals surface area contributed by atoms with Crippen molar-refractivity contribution in [1.29, 1.82) is 0 Å². The van der Waals surface area contributed by atoms with Gasteiger partial charge in [0.1, 0.15) is 11.9 Å². The highest BCUT2D eigenvalue weighted by Crippen LogP contribution is 2.22. The molecule has 4 N–H and O–H groups in total. The van der Waals surface area contributed by atoms with Gasteiger partial charge in [0.2, 0.25) is 11.7 Å². The molecule has 3 heterocycles. The van der Waals surface area contributed by atoms with Crippen molar-refractivity contribution in [2.24, 2.45) is 0 Å². The third kappa shape index (κ3) is 9.26. The molecule has 2 atom stereocenters. The normalized spacial score (nSPS) is 16.1. The molecule has 2 aromatic heterocycles. The second-order valence-corrected chi connectivity index (χ2v) is 9.86. The highest BCUT2D eigenvalue weighted by molar-refractivity contribution is 5.75. The number of aliphatic hydroxyl groups excluding tert-OH is 1. The summed E-state index contributed by atoms with van der Waals surface area (Å²) in [5, 5.41) is 35.4. The van der Waals surface area contributed by atoms with E-state index in [1.54, 1.807) is 13.3 Å². The predicted octanol–water partition coefficient (Wildman–Crippen LogP) is 2.42. The predicted molar refractivity (Wildman–Crippen MR) is 143 cm³/mol. The van der Waals surface area contributed by atoms with Crippen LogP contribution in [0, 0.1) is 6.92 Å². The van der Waals surface area contributed by atoms with Gasteiger partial charge in [0.05, 0.1) is 30.1 Å². The molecule has 208 valence electrons. The number of methoxy groups -OCH3 is 1. The van der Waals surface area contributed by atoms with E-state index in [4.69, 9.17) is 14.6 Å². The summed E-state index contributed by atoms with van der Waals surface area (Å²) < 4.78 is 11.3. The molecular formula is C26H40N8O4. The molecule has 1 amide bonds. The number of pyridine rings is 1. The molecule has 2 unspecified atom stereocenters. The summed E-state index contributed by atoms with van der Waals surface area (Å²) in [6.45, 7) is 6.71. The summed E-state index contributed by atoms with van der Waals surface area (Å²) in [4.78, 5) is 16.6. The largest absolute Gasteiger partial charge is 0.396 e. The van der Waals surface area contributed by atoms with Gasteiger partial charge in [-0.3, -0.25) is 9.78 Å². The Morgan fingerprint density at radius 2 is 2.08 bits per heavy atom. The van der Waals surface area contributed by atoms with Gasteiger partial charge in [-0.1, -0.05) is 6.08 Å². The summed E-state index contributed by atoms with van der Waals surface area (Å²) in [6, 6.07) is 1.91. The molecule has 0 bridgehead atoms. The fourth-order valence-corrected chi connectivity index (χ4v) is 3.94. The molecule has 0 saturated heterocycles. The number of aromatic nitrogens is 5. The standard InChI is InChI=1S/C26H40N8O4/c1-18-16-20(25-33-31-24(32-34-25)19-8-5-6-12-27-19)29-17-21(18)30-23(37-4)10-7-9-22(36)28-13-15-38-26(2,3)11-14-35/h6,12,16-17,19,23,27,30,35H,5,7-11,13-15H2,1-4H3,(H,28,36). The van der Waals surface area contributed by atoms with Crippen molar-refractivity contribution < 1.29 is 19.4 Å². The van der Waals surface area contributed by atoms with Gasteiger partial charge >= 0.3 is 0 Å². The number of nitrogens with one attached hydrogen (secondary N) is 3.